The van der Waals surface area contributed by atoms with Crippen LogP contribution in [0.3, 0.4) is 0 Å². The van der Waals surface area contributed by atoms with Crippen LogP contribution in [0, 0.1) is 6.92 Å². The van der Waals surface area contributed by atoms with Crippen molar-refractivity contribution in [2.24, 2.45) is 0 Å². The topological polar surface area (TPSA) is 82.2 Å². The first kappa shape index (κ1) is 14.1. The number of nitrogens with one attached hydrogen (secondary N) is 1. The number of nitrogens with two attached hydrogens (primary N) is 1. The van der Waals surface area contributed by atoms with Gasteiger partial charge < -0.3 is 15.8 Å². The van der Waals surface area contributed by atoms with E-state index in [4.69, 9.17) is 10.5 Å². The number of benzene rings is 1. The van der Waals surface area contributed by atoms with Crippen LogP contribution in [0.4, 0.5) is 11.4 Å². The van der Waals surface area contributed by atoms with Gasteiger partial charge in [0.25, 0.3) is 5.91 Å². The number of amides is 1. The van der Waals surface area contributed by atoms with E-state index in [1.807, 2.05) is 6.92 Å². The second-order valence-electron chi connectivity index (χ2n) is 4.46. The van der Waals surface area contributed by atoms with E-state index >= 15 is 0 Å². The highest BCUT2D eigenvalue weighted by Crippen LogP contribution is 2.17. The summed E-state index contributed by atoms with van der Waals surface area (Å²) in [5, 5.41) is 6.94. The number of nitrogens with zero attached hydrogens (tertiary/aromatic N) is 2. The van der Waals surface area contributed by atoms with Crippen LogP contribution >= 0.6 is 0 Å². The molecule has 0 saturated heterocycles. The Balaban J connectivity index is 2.07. The summed E-state index contributed by atoms with van der Waals surface area (Å²) in [4.78, 5) is 12.2. The van der Waals surface area contributed by atoms with Crippen molar-refractivity contribution in [3.8, 4) is 0 Å². The van der Waals surface area contributed by atoms with Gasteiger partial charge in [0.2, 0.25) is 0 Å². The summed E-state index contributed by atoms with van der Waals surface area (Å²) >= 11 is 0. The molecule has 0 saturated carbocycles. The van der Waals surface area contributed by atoms with Crippen molar-refractivity contribution in [3.05, 3.63) is 41.7 Å². The first-order chi connectivity index (χ1) is 9.61. The number of hydrogen-bond acceptors (Lipinski definition) is 4. The number of rotatable bonds is 5. The molecule has 0 unspecified atom stereocenters. The monoisotopic (exact) mass is 274 g/mol. The summed E-state index contributed by atoms with van der Waals surface area (Å²) in [5.41, 5.74) is 8.39. The molecule has 0 aliphatic carbocycles. The van der Waals surface area contributed by atoms with Gasteiger partial charge >= 0.3 is 0 Å². The molecule has 0 aliphatic rings. The summed E-state index contributed by atoms with van der Waals surface area (Å²) in [6, 6.07) is 5.28. The van der Waals surface area contributed by atoms with Crippen LogP contribution in [0.1, 0.15) is 15.9 Å². The third kappa shape index (κ3) is 3.16. The van der Waals surface area contributed by atoms with E-state index < -0.39 is 0 Å². The third-order valence-corrected chi connectivity index (χ3v) is 3.04. The maximum Gasteiger partial charge on any atom is 0.256 e. The zero-order chi connectivity index (χ0) is 14.5. The fourth-order valence-corrected chi connectivity index (χ4v) is 1.83. The second-order valence-corrected chi connectivity index (χ2v) is 4.46. The molecule has 0 radical (unpaired) electrons. The number of anilines is 2. The zero-order valence-corrected chi connectivity index (χ0v) is 11.6. The van der Waals surface area contributed by atoms with E-state index in [-0.39, 0.29) is 5.91 Å². The van der Waals surface area contributed by atoms with Gasteiger partial charge in [-0.3, -0.25) is 9.48 Å². The van der Waals surface area contributed by atoms with Gasteiger partial charge in [0, 0.05) is 24.6 Å². The Kier molecular flexibility index (Phi) is 4.37. The number of ether oxygens (including phenoxy) is 1. The van der Waals surface area contributed by atoms with Gasteiger partial charge in [0.05, 0.1) is 25.0 Å². The van der Waals surface area contributed by atoms with E-state index in [2.05, 4.69) is 10.4 Å². The molecular weight excluding hydrogens is 256 g/mol. The molecule has 0 atom stereocenters. The predicted octanol–water partition coefficient (Wildman–Crippen LogP) is 1.67. The Morgan fingerprint density at radius 1 is 1.50 bits per heavy atom. The van der Waals surface area contributed by atoms with Gasteiger partial charge in [-0.1, -0.05) is 6.07 Å². The Morgan fingerprint density at radius 2 is 2.30 bits per heavy atom. The largest absolute Gasteiger partial charge is 0.398 e. The van der Waals surface area contributed by atoms with Crippen LogP contribution < -0.4 is 11.1 Å². The van der Waals surface area contributed by atoms with Gasteiger partial charge in [0.15, 0.2) is 0 Å². The maximum atomic E-state index is 12.2. The van der Waals surface area contributed by atoms with Crippen molar-refractivity contribution in [1.29, 1.82) is 0 Å². The fourth-order valence-electron chi connectivity index (χ4n) is 1.83. The molecule has 1 aromatic heterocycles. The van der Waals surface area contributed by atoms with Gasteiger partial charge in [-0.15, -0.1) is 0 Å². The molecule has 3 N–H and O–H groups in total. The molecular formula is C14H18N4O2. The minimum Gasteiger partial charge on any atom is -0.398 e. The van der Waals surface area contributed by atoms with Crippen molar-refractivity contribution in [3.63, 3.8) is 0 Å². The lowest BCUT2D eigenvalue weighted by molar-refractivity contribution is 0.102. The van der Waals surface area contributed by atoms with Crippen LogP contribution in [-0.4, -0.2) is 29.4 Å². The van der Waals surface area contributed by atoms with E-state index in [1.165, 1.54) is 0 Å². The quantitative estimate of drug-likeness (QED) is 0.813. The minimum atomic E-state index is -0.193. The summed E-state index contributed by atoms with van der Waals surface area (Å²) in [7, 11) is 1.63. The molecule has 6 nitrogen and oxygen atoms in total. The molecule has 1 amide bonds. The average Bonchev–Trinajstić information content (AvgIpc) is 2.87. The molecule has 2 aromatic rings. The van der Waals surface area contributed by atoms with E-state index in [1.54, 1.807) is 42.4 Å². The van der Waals surface area contributed by atoms with Crippen LogP contribution in [0.15, 0.2) is 30.6 Å². The Hall–Kier alpha value is -2.34. The number of hydrogen-bond donors (Lipinski definition) is 2. The van der Waals surface area contributed by atoms with Crippen molar-refractivity contribution in [2.75, 3.05) is 24.8 Å². The van der Waals surface area contributed by atoms with E-state index in [0.29, 0.717) is 30.1 Å². The molecule has 0 spiro atoms. The lowest BCUT2D eigenvalue weighted by atomic mass is 10.1. The highest BCUT2D eigenvalue weighted by atomic mass is 16.5. The number of nitrogen functional groups attached to an aromatic ring is 1. The van der Waals surface area contributed by atoms with Crippen LogP contribution in [0.25, 0.3) is 0 Å². The van der Waals surface area contributed by atoms with Crippen LogP contribution in [-0.2, 0) is 11.3 Å². The van der Waals surface area contributed by atoms with Gasteiger partial charge in [-0.05, 0) is 24.6 Å². The van der Waals surface area contributed by atoms with Crippen LogP contribution in [0.5, 0.6) is 0 Å². The molecule has 20 heavy (non-hydrogen) atoms. The van der Waals surface area contributed by atoms with Crippen molar-refractivity contribution in [1.82, 2.24) is 9.78 Å². The second kappa shape index (κ2) is 6.21. The molecule has 0 bridgehead atoms. The number of carbonyl (C=O) groups excluding carboxylic acids is 1. The molecule has 106 valence electrons. The lowest BCUT2D eigenvalue weighted by Gasteiger charge is -2.07. The van der Waals surface area contributed by atoms with Gasteiger partial charge in [0.1, 0.15) is 0 Å². The van der Waals surface area contributed by atoms with Crippen molar-refractivity contribution < 1.29 is 9.53 Å². The number of carbonyl (C=O) groups is 1. The van der Waals surface area contributed by atoms with E-state index in [0.717, 1.165) is 5.56 Å². The average molecular weight is 274 g/mol. The van der Waals surface area contributed by atoms with Crippen LogP contribution in [0.2, 0.25) is 0 Å². The predicted molar refractivity (Wildman–Crippen MR) is 77.6 cm³/mol. The molecule has 2 rings (SSSR count). The summed E-state index contributed by atoms with van der Waals surface area (Å²) < 4.78 is 6.69. The van der Waals surface area contributed by atoms with Crippen molar-refractivity contribution in [2.45, 2.75) is 13.5 Å². The number of aromatic nitrogens is 2. The third-order valence-electron chi connectivity index (χ3n) is 3.04. The van der Waals surface area contributed by atoms with Gasteiger partial charge in [-0.2, -0.15) is 5.10 Å². The fraction of sp³-hybridized carbons (Fsp3) is 0.286. The Labute approximate surface area is 117 Å². The first-order valence-electron chi connectivity index (χ1n) is 6.29. The summed E-state index contributed by atoms with van der Waals surface area (Å²) in [6.45, 7) is 3.04. The number of methoxy groups -OCH3 is 1. The highest BCUT2D eigenvalue weighted by Gasteiger charge is 2.11. The first-order valence-corrected chi connectivity index (χ1v) is 6.29. The summed E-state index contributed by atoms with van der Waals surface area (Å²) in [5.74, 6) is -0.193. The smallest absolute Gasteiger partial charge is 0.256 e. The highest BCUT2D eigenvalue weighted by molar-refractivity contribution is 6.05. The normalized spacial score (nSPS) is 10.5. The Bertz CT molecular complexity index is 607. The minimum absolute atomic E-state index is 0.193. The maximum absolute atomic E-state index is 12.2. The molecule has 0 aliphatic heterocycles. The van der Waals surface area contributed by atoms with Crippen molar-refractivity contribution >= 4 is 17.3 Å². The molecule has 6 heteroatoms. The lowest BCUT2D eigenvalue weighted by Crippen LogP contribution is -2.13. The zero-order valence-electron chi connectivity index (χ0n) is 11.6. The standard InChI is InChI=1S/C14H18N4O2/c1-10-12(4-3-5-13(10)15)14(19)17-11-8-16-18(9-11)6-7-20-2/h3-5,8-9H,6-7,15H2,1-2H3,(H,17,19). The molecule has 1 heterocycles. The van der Waals surface area contributed by atoms with E-state index in [9.17, 15) is 4.79 Å². The Morgan fingerprint density at radius 3 is 3.05 bits per heavy atom. The summed E-state index contributed by atoms with van der Waals surface area (Å²) in [6.07, 6.45) is 3.37. The molecule has 0 fully saturated rings. The van der Waals surface area contributed by atoms with Gasteiger partial charge in [-0.25, -0.2) is 0 Å². The molecule has 1 aromatic carbocycles. The SMILES string of the molecule is COCCn1cc(NC(=O)c2cccc(N)c2C)cn1.